The van der Waals surface area contributed by atoms with Gasteiger partial charge < -0.3 is 5.32 Å². The van der Waals surface area contributed by atoms with Gasteiger partial charge in [0.15, 0.2) is 0 Å². The molecule has 4 heteroatoms. The van der Waals surface area contributed by atoms with Crippen molar-refractivity contribution in [3.63, 3.8) is 0 Å². The van der Waals surface area contributed by atoms with Crippen LogP contribution in [0, 0.1) is 5.92 Å². The number of anilines is 1. The van der Waals surface area contributed by atoms with Crippen molar-refractivity contribution in [1.29, 1.82) is 0 Å². The van der Waals surface area contributed by atoms with E-state index in [1.165, 1.54) is 19.3 Å². The van der Waals surface area contributed by atoms with Crippen molar-refractivity contribution in [2.24, 2.45) is 16.8 Å². The first kappa shape index (κ1) is 12.9. The lowest BCUT2D eigenvalue weighted by molar-refractivity contribution is 0.555. The molecule has 1 atom stereocenters. The molecule has 0 spiro atoms. The Kier molecular flexibility index (Phi) is 4.59. The van der Waals surface area contributed by atoms with E-state index in [1.807, 2.05) is 30.3 Å². The number of hydrogen-bond acceptors (Lipinski definition) is 2. The summed E-state index contributed by atoms with van der Waals surface area (Å²) in [6, 6.07) is 10.3. The lowest BCUT2D eigenvalue weighted by atomic mass is 10.1. The van der Waals surface area contributed by atoms with Crippen LogP contribution in [0.15, 0.2) is 35.3 Å². The van der Waals surface area contributed by atoms with Crippen LogP contribution < -0.4 is 16.6 Å². The predicted molar refractivity (Wildman–Crippen MR) is 76.2 cm³/mol. The molecule has 4 N–H and O–H groups in total. The van der Waals surface area contributed by atoms with E-state index in [9.17, 15) is 0 Å². The number of hydrazine groups is 1. The van der Waals surface area contributed by atoms with E-state index in [0.717, 1.165) is 18.0 Å². The molecule has 1 unspecified atom stereocenters. The summed E-state index contributed by atoms with van der Waals surface area (Å²) in [5.41, 5.74) is 3.64. The zero-order chi connectivity index (χ0) is 12.8. The average Bonchev–Trinajstić information content (AvgIpc) is 3.22. The van der Waals surface area contributed by atoms with Gasteiger partial charge in [-0.3, -0.25) is 5.43 Å². The van der Waals surface area contributed by atoms with Crippen LogP contribution in [0.5, 0.6) is 0 Å². The van der Waals surface area contributed by atoms with Crippen molar-refractivity contribution in [1.82, 2.24) is 5.43 Å². The molecule has 1 aliphatic rings. The van der Waals surface area contributed by atoms with Gasteiger partial charge in [-0.05, 0) is 30.9 Å². The highest BCUT2D eigenvalue weighted by Crippen LogP contribution is 2.34. The minimum atomic E-state index is 0.361. The normalized spacial score (nSPS) is 17.3. The Morgan fingerprint density at radius 1 is 1.39 bits per heavy atom. The van der Waals surface area contributed by atoms with Gasteiger partial charge in [-0.2, -0.15) is 0 Å². The lowest BCUT2D eigenvalue weighted by Gasteiger charge is -2.14. The smallest absolute Gasteiger partial charge is 0.210 e. The third-order valence-electron chi connectivity index (χ3n) is 3.26. The zero-order valence-electron chi connectivity index (χ0n) is 10.9. The maximum Gasteiger partial charge on any atom is 0.210 e. The van der Waals surface area contributed by atoms with Crippen molar-refractivity contribution in [3.8, 4) is 0 Å². The minimum absolute atomic E-state index is 0.361. The number of nitrogens with zero attached hydrogens (tertiary/aromatic N) is 1. The Balaban J connectivity index is 1.97. The highest BCUT2D eigenvalue weighted by molar-refractivity contribution is 5.93. The van der Waals surface area contributed by atoms with Crippen molar-refractivity contribution < 1.29 is 0 Å². The lowest BCUT2D eigenvalue weighted by Crippen LogP contribution is -2.37. The highest BCUT2D eigenvalue weighted by atomic mass is 15.3. The monoisotopic (exact) mass is 246 g/mol. The molecule has 0 saturated heterocycles. The second-order valence-corrected chi connectivity index (χ2v) is 4.85. The van der Waals surface area contributed by atoms with Crippen molar-refractivity contribution in [3.05, 3.63) is 30.3 Å². The Bertz CT molecular complexity index is 384. The molecule has 0 heterocycles. The molecule has 0 bridgehead atoms. The quantitative estimate of drug-likeness (QED) is 0.324. The van der Waals surface area contributed by atoms with Crippen LogP contribution in [0.2, 0.25) is 0 Å². The molecule has 1 saturated carbocycles. The summed E-state index contributed by atoms with van der Waals surface area (Å²) in [4.78, 5) is 4.66. The second kappa shape index (κ2) is 6.40. The number of rotatable bonds is 5. The van der Waals surface area contributed by atoms with Gasteiger partial charge in [-0.15, -0.1) is 0 Å². The van der Waals surface area contributed by atoms with E-state index in [4.69, 9.17) is 5.84 Å². The van der Waals surface area contributed by atoms with Crippen LogP contribution in [0.1, 0.15) is 32.6 Å². The van der Waals surface area contributed by atoms with Gasteiger partial charge in [0.2, 0.25) is 5.96 Å². The number of guanidine groups is 1. The standard InChI is InChI=1S/C14H22N4/c1-2-12(10-11-8-9-11)16-14(18-15)17-13-6-4-3-5-7-13/h3-7,11-12H,2,8-10,15H2,1H3,(H2,16,17,18). The summed E-state index contributed by atoms with van der Waals surface area (Å²) in [6.45, 7) is 2.17. The summed E-state index contributed by atoms with van der Waals surface area (Å²) in [6.07, 6.45) is 4.96. The van der Waals surface area contributed by atoms with Crippen LogP contribution in [-0.2, 0) is 0 Å². The second-order valence-electron chi connectivity index (χ2n) is 4.85. The SMILES string of the molecule is CCC(CC1CC1)N=C(NN)Nc1ccccc1. The van der Waals surface area contributed by atoms with Gasteiger partial charge >= 0.3 is 0 Å². The third kappa shape index (κ3) is 4.04. The molecular formula is C14H22N4. The van der Waals surface area contributed by atoms with Gasteiger partial charge in [-0.25, -0.2) is 10.8 Å². The molecule has 1 aromatic rings. The van der Waals surface area contributed by atoms with E-state index in [1.54, 1.807) is 0 Å². The summed E-state index contributed by atoms with van der Waals surface area (Å²) in [7, 11) is 0. The summed E-state index contributed by atoms with van der Waals surface area (Å²) in [5.74, 6) is 7.06. The van der Waals surface area contributed by atoms with Gasteiger partial charge in [0.1, 0.15) is 0 Å². The first-order valence-electron chi connectivity index (χ1n) is 6.68. The Hall–Kier alpha value is -1.55. The van der Waals surface area contributed by atoms with Gasteiger partial charge in [-0.1, -0.05) is 38.0 Å². The predicted octanol–water partition coefficient (Wildman–Crippen LogP) is 2.50. The summed E-state index contributed by atoms with van der Waals surface area (Å²) in [5, 5.41) is 3.20. The molecule has 18 heavy (non-hydrogen) atoms. The van der Waals surface area contributed by atoms with Crippen molar-refractivity contribution in [2.75, 3.05) is 5.32 Å². The number of aliphatic imine (C=N–C) groups is 1. The van der Waals surface area contributed by atoms with Crippen molar-refractivity contribution >= 4 is 11.6 Å². The Labute approximate surface area is 109 Å². The molecule has 0 radical (unpaired) electrons. The molecule has 2 rings (SSSR count). The van der Waals surface area contributed by atoms with E-state index >= 15 is 0 Å². The molecule has 0 amide bonds. The number of hydrogen-bond donors (Lipinski definition) is 3. The van der Waals surface area contributed by atoms with Crippen molar-refractivity contribution in [2.45, 2.75) is 38.6 Å². The molecule has 4 nitrogen and oxygen atoms in total. The number of nitrogens with one attached hydrogen (secondary N) is 2. The van der Waals surface area contributed by atoms with Crippen LogP contribution in [0.25, 0.3) is 0 Å². The van der Waals surface area contributed by atoms with Gasteiger partial charge in [0.05, 0.1) is 6.04 Å². The molecule has 1 fully saturated rings. The summed E-state index contributed by atoms with van der Waals surface area (Å²) >= 11 is 0. The highest BCUT2D eigenvalue weighted by Gasteiger charge is 2.24. The third-order valence-corrected chi connectivity index (χ3v) is 3.26. The van der Waals surface area contributed by atoms with Gasteiger partial charge in [0, 0.05) is 5.69 Å². The Morgan fingerprint density at radius 3 is 2.67 bits per heavy atom. The first-order chi connectivity index (χ1) is 8.81. The van der Waals surface area contributed by atoms with E-state index in [0.29, 0.717) is 12.0 Å². The minimum Gasteiger partial charge on any atom is -0.325 e. The zero-order valence-corrected chi connectivity index (χ0v) is 10.9. The van der Waals surface area contributed by atoms with Crippen LogP contribution in [-0.4, -0.2) is 12.0 Å². The fourth-order valence-corrected chi connectivity index (χ4v) is 2.00. The molecule has 0 aliphatic heterocycles. The van der Waals surface area contributed by atoms with E-state index in [-0.39, 0.29) is 0 Å². The maximum absolute atomic E-state index is 5.53. The Morgan fingerprint density at radius 2 is 2.11 bits per heavy atom. The summed E-state index contributed by atoms with van der Waals surface area (Å²) < 4.78 is 0. The fourth-order valence-electron chi connectivity index (χ4n) is 2.00. The average molecular weight is 246 g/mol. The number of para-hydroxylation sites is 1. The van der Waals surface area contributed by atoms with E-state index < -0.39 is 0 Å². The van der Waals surface area contributed by atoms with Crippen LogP contribution in [0.4, 0.5) is 5.69 Å². The maximum atomic E-state index is 5.53. The number of benzene rings is 1. The molecular weight excluding hydrogens is 224 g/mol. The van der Waals surface area contributed by atoms with E-state index in [2.05, 4.69) is 22.7 Å². The fraction of sp³-hybridized carbons (Fsp3) is 0.500. The molecule has 1 aromatic carbocycles. The molecule has 1 aliphatic carbocycles. The molecule has 0 aromatic heterocycles. The number of nitrogens with two attached hydrogens (primary N) is 1. The largest absolute Gasteiger partial charge is 0.325 e. The molecule has 98 valence electrons. The first-order valence-corrected chi connectivity index (χ1v) is 6.68. The van der Waals surface area contributed by atoms with Gasteiger partial charge in [0.25, 0.3) is 0 Å². The topological polar surface area (TPSA) is 62.4 Å². The van der Waals surface area contributed by atoms with Crippen LogP contribution in [0.3, 0.4) is 0 Å². The van der Waals surface area contributed by atoms with Crippen LogP contribution >= 0.6 is 0 Å².